The van der Waals surface area contributed by atoms with Crippen LogP contribution < -0.4 is 0 Å². The van der Waals surface area contributed by atoms with Gasteiger partial charge in [-0.1, -0.05) is 0 Å². The first-order valence-corrected chi connectivity index (χ1v) is 7.08. The Kier molecular flexibility index (Phi) is 3.73. The Balaban J connectivity index is 2.30. The van der Waals surface area contributed by atoms with Crippen LogP contribution in [0.15, 0.2) is 23.6 Å². The van der Waals surface area contributed by atoms with E-state index in [1.807, 2.05) is 0 Å². The van der Waals surface area contributed by atoms with Crippen molar-refractivity contribution < 1.29 is 26.3 Å². The first-order chi connectivity index (χ1) is 9.17. The maximum Gasteiger partial charge on any atom is 0.418 e. The Morgan fingerprint density at radius 1 is 1.40 bits per heavy atom. The van der Waals surface area contributed by atoms with E-state index < -0.39 is 28.3 Å². The number of rotatable bonds is 2. The molecule has 1 aliphatic heterocycles. The maximum absolute atomic E-state index is 12.9. The number of morpholine rings is 1. The highest BCUT2D eigenvalue weighted by atomic mass is 32.2. The molecule has 1 aliphatic rings. The lowest BCUT2D eigenvalue weighted by Crippen LogP contribution is -2.59. The van der Waals surface area contributed by atoms with E-state index in [1.54, 1.807) is 0 Å². The molecule has 2 rings (SSSR count). The average Bonchev–Trinajstić information content (AvgIpc) is 2.38. The highest BCUT2D eigenvalue weighted by Crippen LogP contribution is 2.37. The molecule has 20 heavy (non-hydrogen) atoms. The second kappa shape index (κ2) is 4.93. The molecule has 0 amide bonds. The van der Waals surface area contributed by atoms with Gasteiger partial charge in [-0.2, -0.15) is 17.5 Å². The molecule has 1 saturated heterocycles. The van der Waals surface area contributed by atoms with Crippen LogP contribution in [-0.2, 0) is 14.8 Å². The second-order valence-corrected chi connectivity index (χ2v) is 6.34. The number of hydrogen-bond donors (Lipinski definition) is 0. The normalized spacial score (nSPS) is 25.6. The van der Waals surface area contributed by atoms with Crippen LogP contribution >= 0.6 is 0 Å². The van der Waals surface area contributed by atoms with Gasteiger partial charge in [-0.25, -0.2) is 13.4 Å². The third-order valence-corrected chi connectivity index (χ3v) is 4.71. The summed E-state index contributed by atoms with van der Waals surface area (Å²) >= 11 is 0. The number of ether oxygens (including phenoxy) is 1. The van der Waals surface area contributed by atoms with Crippen molar-refractivity contribution in [2.24, 2.45) is 0 Å². The third-order valence-electron chi connectivity index (χ3n) is 2.98. The predicted octanol–water partition coefficient (Wildman–Crippen LogP) is 0.819. The van der Waals surface area contributed by atoms with Crippen molar-refractivity contribution in [1.82, 2.24) is 14.3 Å². The van der Waals surface area contributed by atoms with Gasteiger partial charge in [-0.3, -0.25) is 4.98 Å². The van der Waals surface area contributed by atoms with Crippen LogP contribution in [0.5, 0.6) is 0 Å². The van der Waals surface area contributed by atoms with Gasteiger partial charge in [0.15, 0.2) is 10.6 Å². The summed E-state index contributed by atoms with van der Waals surface area (Å²) in [6, 6.07) is 0. The van der Waals surface area contributed by atoms with Crippen molar-refractivity contribution in [3.8, 4) is 0 Å². The Hall–Kier alpha value is -1.26. The zero-order valence-electron chi connectivity index (χ0n) is 10.5. The topological polar surface area (TPSA) is 72.4 Å². The third kappa shape index (κ3) is 2.63. The van der Waals surface area contributed by atoms with Gasteiger partial charge in [0.2, 0.25) is 0 Å². The summed E-state index contributed by atoms with van der Waals surface area (Å²) in [5.74, 6) is 0. The second-order valence-electron chi connectivity index (χ2n) is 4.46. The molecule has 0 aromatic carbocycles. The molecule has 112 valence electrons. The van der Waals surface area contributed by atoms with Gasteiger partial charge in [-0.05, 0) is 6.92 Å². The summed E-state index contributed by atoms with van der Waals surface area (Å²) in [5, 5.41) is -0.383. The number of aromatic nitrogens is 2. The lowest BCUT2D eigenvalue weighted by molar-refractivity contribution is -0.282. The molecule has 0 radical (unpaired) electrons. The van der Waals surface area contributed by atoms with Crippen LogP contribution in [0.4, 0.5) is 13.2 Å². The van der Waals surface area contributed by atoms with Crippen molar-refractivity contribution in [3.63, 3.8) is 0 Å². The molecule has 0 saturated carbocycles. The first kappa shape index (κ1) is 15.1. The molecule has 0 N–H and O–H groups in total. The smallest absolute Gasteiger partial charge is 0.363 e. The van der Waals surface area contributed by atoms with Crippen LogP contribution in [0.3, 0.4) is 0 Å². The van der Waals surface area contributed by atoms with E-state index in [4.69, 9.17) is 4.74 Å². The minimum Gasteiger partial charge on any atom is -0.363 e. The molecule has 1 atom stereocenters. The average molecular weight is 311 g/mol. The van der Waals surface area contributed by atoms with E-state index >= 15 is 0 Å². The quantitative estimate of drug-likeness (QED) is 0.808. The van der Waals surface area contributed by atoms with Gasteiger partial charge >= 0.3 is 6.18 Å². The minimum atomic E-state index is -4.66. The molecule has 0 aliphatic carbocycles. The summed E-state index contributed by atoms with van der Waals surface area (Å²) in [6.07, 6.45) is -1.23. The zero-order chi connectivity index (χ0) is 15.0. The van der Waals surface area contributed by atoms with Gasteiger partial charge in [-0.15, -0.1) is 0 Å². The largest absolute Gasteiger partial charge is 0.418 e. The van der Waals surface area contributed by atoms with E-state index in [1.165, 1.54) is 6.20 Å². The number of alkyl halides is 3. The number of nitrogens with zero attached hydrogens (tertiary/aromatic N) is 3. The Morgan fingerprint density at radius 2 is 2.10 bits per heavy atom. The summed E-state index contributed by atoms with van der Waals surface area (Å²) < 4.78 is 68.6. The molecule has 2 heterocycles. The summed E-state index contributed by atoms with van der Waals surface area (Å²) in [6.45, 7) is -0.485. The minimum absolute atomic E-state index is 0.162. The Bertz CT molecular complexity index is 578. The van der Waals surface area contributed by atoms with Crippen LogP contribution in [-0.4, -0.2) is 54.2 Å². The van der Waals surface area contributed by atoms with Crippen molar-refractivity contribution in [1.29, 1.82) is 0 Å². The first-order valence-electron chi connectivity index (χ1n) is 5.64. The highest BCUT2D eigenvalue weighted by Gasteiger charge is 2.56. The van der Waals surface area contributed by atoms with Gasteiger partial charge in [0.1, 0.15) is 0 Å². The van der Waals surface area contributed by atoms with Crippen LogP contribution in [0.2, 0.25) is 0 Å². The molecule has 1 aromatic heterocycles. The van der Waals surface area contributed by atoms with E-state index in [0.29, 0.717) is 4.31 Å². The van der Waals surface area contributed by atoms with E-state index in [2.05, 4.69) is 9.97 Å². The van der Waals surface area contributed by atoms with E-state index in [9.17, 15) is 21.6 Å². The summed E-state index contributed by atoms with van der Waals surface area (Å²) in [7, 11) is -4.11. The molecule has 1 aromatic rings. The van der Waals surface area contributed by atoms with Gasteiger partial charge in [0, 0.05) is 18.9 Å². The van der Waals surface area contributed by atoms with Crippen LogP contribution in [0.1, 0.15) is 6.92 Å². The SMILES string of the molecule is CC1(C(F)(F)F)CN(S(=O)(=O)c2cnccn2)CCO1. The van der Waals surface area contributed by atoms with Gasteiger partial charge in [0.05, 0.1) is 19.3 Å². The van der Waals surface area contributed by atoms with Crippen molar-refractivity contribution in [2.75, 3.05) is 19.7 Å². The molecule has 1 fully saturated rings. The fraction of sp³-hybridized carbons (Fsp3) is 0.600. The molecular formula is C10H12F3N3O3S. The summed E-state index contributed by atoms with van der Waals surface area (Å²) in [4.78, 5) is 7.23. The Labute approximate surface area is 113 Å². The molecular weight excluding hydrogens is 299 g/mol. The monoisotopic (exact) mass is 311 g/mol. The zero-order valence-corrected chi connectivity index (χ0v) is 11.3. The number of halogens is 3. The maximum atomic E-state index is 12.9. The molecule has 0 bridgehead atoms. The molecule has 0 spiro atoms. The highest BCUT2D eigenvalue weighted by molar-refractivity contribution is 7.89. The van der Waals surface area contributed by atoms with Gasteiger partial charge in [0.25, 0.3) is 10.0 Å². The molecule has 6 nitrogen and oxygen atoms in total. The number of hydrogen-bond acceptors (Lipinski definition) is 5. The van der Waals surface area contributed by atoms with Crippen LogP contribution in [0, 0.1) is 0 Å². The van der Waals surface area contributed by atoms with Crippen LogP contribution in [0.25, 0.3) is 0 Å². The lowest BCUT2D eigenvalue weighted by Gasteiger charge is -2.40. The standard InChI is InChI=1S/C10H12F3N3O3S/c1-9(10(11,12)13)7-16(4-5-19-9)20(17,18)8-6-14-2-3-15-8/h2-3,6H,4-5,7H2,1H3. The fourth-order valence-electron chi connectivity index (χ4n) is 1.76. The van der Waals surface area contributed by atoms with Crippen molar-refractivity contribution >= 4 is 10.0 Å². The number of sulfonamides is 1. The van der Waals surface area contributed by atoms with Gasteiger partial charge < -0.3 is 4.74 Å². The lowest BCUT2D eigenvalue weighted by atomic mass is 10.1. The Morgan fingerprint density at radius 3 is 2.65 bits per heavy atom. The van der Waals surface area contributed by atoms with Crippen molar-refractivity contribution in [3.05, 3.63) is 18.6 Å². The molecule has 1 unspecified atom stereocenters. The summed E-state index contributed by atoms with van der Waals surface area (Å²) in [5.41, 5.74) is -2.53. The molecule has 10 heteroatoms. The van der Waals surface area contributed by atoms with Crippen molar-refractivity contribution in [2.45, 2.75) is 23.7 Å². The van der Waals surface area contributed by atoms with E-state index in [0.717, 1.165) is 19.3 Å². The van der Waals surface area contributed by atoms with E-state index in [-0.39, 0.29) is 18.2 Å². The predicted molar refractivity (Wildman–Crippen MR) is 61.2 cm³/mol. The fourth-order valence-corrected chi connectivity index (χ4v) is 3.15.